The minimum Gasteiger partial charge on any atom is -0.444 e. The fourth-order valence-electron chi connectivity index (χ4n) is 2.60. The molecule has 1 amide bonds. The summed E-state index contributed by atoms with van der Waals surface area (Å²) in [6, 6.07) is 6.21. The smallest absolute Gasteiger partial charge is 0.410 e. The molecule has 1 aliphatic rings. The van der Waals surface area contributed by atoms with Crippen LogP contribution < -0.4 is 0 Å². The summed E-state index contributed by atoms with van der Waals surface area (Å²) in [7, 11) is 0. The van der Waals surface area contributed by atoms with Gasteiger partial charge in [0.05, 0.1) is 0 Å². The molecule has 116 valence electrons. The van der Waals surface area contributed by atoms with Crippen LogP contribution >= 0.6 is 15.9 Å². The minimum atomic E-state index is -0.434. The summed E-state index contributed by atoms with van der Waals surface area (Å²) in [4.78, 5) is 18.5. The predicted molar refractivity (Wildman–Crippen MR) is 86.2 cm³/mol. The topological polar surface area (TPSA) is 42.4 Å². The molecule has 0 saturated carbocycles. The summed E-state index contributed by atoms with van der Waals surface area (Å²) in [5.41, 5.74) is 0.621. The molecule has 0 aliphatic carbocycles. The van der Waals surface area contributed by atoms with Crippen LogP contribution in [0.15, 0.2) is 22.8 Å². The Balaban J connectivity index is 1.91. The maximum Gasteiger partial charge on any atom is 0.410 e. The second kappa shape index (κ2) is 6.77. The van der Waals surface area contributed by atoms with Crippen molar-refractivity contribution in [2.45, 2.75) is 58.1 Å². The molecular formula is C16H23BrN2O2. The van der Waals surface area contributed by atoms with Crippen LogP contribution in [-0.2, 0) is 11.2 Å². The molecular weight excluding hydrogens is 332 g/mol. The fraction of sp³-hybridized carbons (Fsp3) is 0.625. The van der Waals surface area contributed by atoms with Crippen molar-refractivity contribution in [1.82, 2.24) is 9.88 Å². The van der Waals surface area contributed by atoms with Crippen molar-refractivity contribution in [3.8, 4) is 0 Å². The molecule has 21 heavy (non-hydrogen) atoms. The molecule has 0 bridgehead atoms. The SMILES string of the molecule is CC(C)(C)OC(=O)N1CCC[C@H]1CCc1cccc(Br)n1. The number of pyridine rings is 1. The maximum absolute atomic E-state index is 12.2. The quantitative estimate of drug-likeness (QED) is 0.764. The number of rotatable bonds is 3. The third kappa shape index (κ3) is 4.99. The van der Waals surface area contributed by atoms with Gasteiger partial charge < -0.3 is 9.64 Å². The van der Waals surface area contributed by atoms with Crippen LogP contribution in [0.2, 0.25) is 0 Å². The lowest BCUT2D eigenvalue weighted by Crippen LogP contribution is -2.40. The molecule has 1 aliphatic heterocycles. The Bertz CT molecular complexity index is 499. The summed E-state index contributed by atoms with van der Waals surface area (Å²) >= 11 is 3.39. The first-order valence-corrected chi connectivity index (χ1v) is 8.25. The first kappa shape index (κ1) is 16.3. The Hall–Kier alpha value is -1.10. The third-order valence-electron chi connectivity index (χ3n) is 3.51. The first-order valence-electron chi connectivity index (χ1n) is 7.46. The van der Waals surface area contributed by atoms with Crippen molar-refractivity contribution >= 4 is 22.0 Å². The highest BCUT2D eigenvalue weighted by Gasteiger charge is 2.31. The number of amides is 1. The summed E-state index contributed by atoms with van der Waals surface area (Å²) in [6.45, 7) is 6.51. The van der Waals surface area contributed by atoms with Gasteiger partial charge in [-0.1, -0.05) is 6.07 Å². The van der Waals surface area contributed by atoms with E-state index in [9.17, 15) is 4.79 Å². The maximum atomic E-state index is 12.2. The van der Waals surface area contributed by atoms with Gasteiger partial charge in [0.2, 0.25) is 0 Å². The van der Waals surface area contributed by atoms with Crippen LogP contribution in [0.4, 0.5) is 4.79 Å². The number of aryl methyl sites for hydroxylation is 1. The number of hydrogen-bond acceptors (Lipinski definition) is 3. The predicted octanol–water partition coefficient (Wildman–Crippen LogP) is 4.18. The Kier molecular flexibility index (Phi) is 5.25. The zero-order chi connectivity index (χ0) is 15.5. The molecule has 0 radical (unpaired) electrons. The second-order valence-corrected chi connectivity index (χ2v) is 7.27. The van der Waals surface area contributed by atoms with Crippen LogP contribution in [0.25, 0.3) is 0 Å². The number of carbonyl (C=O) groups is 1. The van der Waals surface area contributed by atoms with Crippen LogP contribution in [0, 0.1) is 0 Å². The number of halogens is 1. The molecule has 0 N–H and O–H groups in total. The molecule has 1 atom stereocenters. The van der Waals surface area contributed by atoms with Gasteiger partial charge >= 0.3 is 6.09 Å². The van der Waals surface area contributed by atoms with E-state index in [2.05, 4.69) is 20.9 Å². The average molecular weight is 355 g/mol. The van der Waals surface area contributed by atoms with E-state index in [0.717, 1.165) is 42.5 Å². The Labute approximate surface area is 135 Å². The van der Waals surface area contributed by atoms with Gasteiger partial charge in [-0.3, -0.25) is 0 Å². The Morgan fingerprint density at radius 3 is 2.90 bits per heavy atom. The lowest BCUT2D eigenvalue weighted by Gasteiger charge is -2.28. The van der Waals surface area contributed by atoms with Gasteiger partial charge in [-0.05, 0) is 74.5 Å². The zero-order valence-corrected chi connectivity index (χ0v) is 14.5. The zero-order valence-electron chi connectivity index (χ0n) is 12.9. The number of nitrogens with zero attached hydrogens (tertiary/aromatic N) is 2. The van der Waals surface area contributed by atoms with E-state index in [1.807, 2.05) is 43.9 Å². The third-order valence-corrected chi connectivity index (χ3v) is 3.95. The number of aromatic nitrogens is 1. The van der Waals surface area contributed by atoms with Gasteiger partial charge in [0, 0.05) is 18.3 Å². The number of likely N-dealkylation sites (tertiary alicyclic amines) is 1. The van der Waals surface area contributed by atoms with Gasteiger partial charge in [-0.25, -0.2) is 9.78 Å². The molecule has 1 fully saturated rings. The molecule has 2 heterocycles. The van der Waals surface area contributed by atoms with Gasteiger partial charge in [0.15, 0.2) is 0 Å². The van der Waals surface area contributed by atoms with Gasteiger partial charge in [-0.2, -0.15) is 0 Å². The summed E-state index contributed by atoms with van der Waals surface area (Å²) < 4.78 is 6.34. The molecule has 0 aromatic carbocycles. The highest BCUT2D eigenvalue weighted by Crippen LogP contribution is 2.24. The Morgan fingerprint density at radius 2 is 2.24 bits per heavy atom. The van der Waals surface area contributed by atoms with E-state index >= 15 is 0 Å². The standard InChI is InChI=1S/C16H23BrN2O2/c1-16(2,3)21-15(20)19-11-5-7-13(19)10-9-12-6-4-8-14(17)18-12/h4,6,8,13H,5,7,9-11H2,1-3H3/t13-/m0/s1. The summed E-state index contributed by atoms with van der Waals surface area (Å²) in [5, 5.41) is 0. The van der Waals surface area contributed by atoms with Crippen molar-refractivity contribution in [3.63, 3.8) is 0 Å². The van der Waals surface area contributed by atoms with E-state index in [1.54, 1.807) is 0 Å². The van der Waals surface area contributed by atoms with Crippen LogP contribution in [0.5, 0.6) is 0 Å². The fourth-order valence-corrected chi connectivity index (χ4v) is 2.98. The van der Waals surface area contributed by atoms with Crippen LogP contribution in [0.3, 0.4) is 0 Å². The molecule has 1 aromatic heterocycles. The normalized spacial score (nSPS) is 18.9. The number of hydrogen-bond donors (Lipinski definition) is 0. The lowest BCUT2D eigenvalue weighted by atomic mass is 10.1. The van der Waals surface area contributed by atoms with E-state index < -0.39 is 5.60 Å². The van der Waals surface area contributed by atoms with E-state index in [1.165, 1.54) is 0 Å². The lowest BCUT2D eigenvalue weighted by molar-refractivity contribution is 0.0220. The van der Waals surface area contributed by atoms with Crippen molar-refractivity contribution < 1.29 is 9.53 Å². The number of carbonyl (C=O) groups excluding carboxylic acids is 1. The molecule has 5 heteroatoms. The van der Waals surface area contributed by atoms with Gasteiger partial charge in [0.1, 0.15) is 10.2 Å². The van der Waals surface area contributed by atoms with Gasteiger partial charge in [-0.15, -0.1) is 0 Å². The largest absolute Gasteiger partial charge is 0.444 e. The van der Waals surface area contributed by atoms with Crippen molar-refractivity contribution in [3.05, 3.63) is 28.5 Å². The minimum absolute atomic E-state index is 0.188. The van der Waals surface area contributed by atoms with Gasteiger partial charge in [0.25, 0.3) is 0 Å². The van der Waals surface area contributed by atoms with E-state index in [-0.39, 0.29) is 12.1 Å². The highest BCUT2D eigenvalue weighted by atomic mass is 79.9. The van der Waals surface area contributed by atoms with Crippen LogP contribution in [-0.4, -0.2) is 34.2 Å². The first-order chi connectivity index (χ1) is 9.85. The summed E-state index contributed by atoms with van der Waals surface area (Å²) in [6.07, 6.45) is 3.72. The van der Waals surface area contributed by atoms with Crippen molar-refractivity contribution in [2.24, 2.45) is 0 Å². The molecule has 1 saturated heterocycles. The molecule has 0 spiro atoms. The van der Waals surface area contributed by atoms with Crippen molar-refractivity contribution in [2.75, 3.05) is 6.54 Å². The van der Waals surface area contributed by atoms with Crippen LogP contribution in [0.1, 0.15) is 45.7 Å². The monoisotopic (exact) mass is 354 g/mol. The molecule has 0 unspecified atom stereocenters. The number of ether oxygens (including phenoxy) is 1. The highest BCUT2D eigenvalue weighted by molar-refractivity contribution is 9.10. The molecule has 4 nitrogen and oxygen atoms in total. The second-order valence-electron chi connectivity index (χ2n) is 6.46. The molecule has 1 aromatic rings. The average Bonchev–Trinajstić information content (AvgIpc) is 2.83. The van der Waals surface area contributed by atoms with E-state index in [4.69, 9.17) is 4.74 Å². The van der Waals surface area contributed by atoms with E-state index in [0.29, 0.717) is 0 Å². The summed E-state index contributed by atoms with van der Waals surface area (Å²) in [5.74, 6) is 0. The molecule has 2 rings (SSSR count). The Morgan fingerprint density at radius 1 is 1.48 bits per heavy atom. The van der Waals surface area contributed by atoms with Crippen molar-refractivity contribution in [1.29, 1.82) is 0 Å².